The van der Waals surface area contributed by atoms with Gasteiger partial charge in [-0.15, -0.1) is 0 Å². The molecule has 0 amide bonds. The van der Waals surface area contributed by atoms with Crippen LogP contribution < -0.4 is 0 Å². The molecule has 14 heavy (non-hydrogen) atoms. The van der Waals surface area contributed by atoms with Gasteiger partial charge in [-0.1, -0.05) is 0 Å². The minimum Gasteiger partial charge on any atom is -0.349 e. The molecule has 0 radical (unpaired) electrons. The Kier molecular flexibility index (Phi) is 2.18. The van der Waals surface area contributed by atoms with Crippen molar-refractivity contribution in [2.75, 3.05) is 0 Å². The van der Waals surface area contributed by atoms with Crippen LogP contribution in [-0.2, 0) is 13.6 Å². The number of carbonyl (C=O) groups excluding carboxylic acids is 1. The summed E-state index contributed by atoms with van der Waals surface area (Å²) in [5, 5.41) is 4.07. The maximum Gasteiger partial charge on any atom is 0.151 e. The second-order valence-corrected chi connectivity index (χ2v) is 3.26. The van der Waals surface area contributed by atoms with Gasteiger partial charge in [0.25, 0.3) is 0 Å². The fourth-order valence-electron chi connectivity index (χ4n) is 1.39. The van der Waals surface area contributed by atoms with E-state index in [1.165, 1.54) is 0 Å². The van der Waals surface area contributed by atoms with Crippen LogP contribution in [0.25, 0.3) is 0 Å². The van der Waals surface area contributed by atoms with E-state index in [0.29, 0.717) is 5.56 Å². The maximum absolute atomic E-state index is 10.4. The van der Waals surface area contributed by atoms with E-state index in [-0.39, 0.29) is 0 Å². The average molecular weight is 189 g/mol. The van der Waals surface area contributed by atoms with Crippen LogP contribution >= 0.6 is 0 Å². The topological polar surface area (TPSA) is 39.8 Å². The smallest absolute Gasteiger partial charge is 0.151 e. The van der Waals surface area contributed by atoms with Crippen molar-refractivity contribution in [1.29, 1.82) is 0 Å². The first kappa shape index (κ1) is 8.74. The van der Waals surface area contributed by atoms with Crippen LogP contribution in [0.5, 0.6) is 0 Å². The SMILES string of the molecule is Cn1cc(Cn2ccc(C=O)c2)cn1. The summed E-state index contributed by atoms with van der Waals surface area (Å²) in [7, 11) is 1.88. The number of hydrogen-bond donors (Lipinski definition) is 0. The fraction of sp³-hybridized carbons (Fsp3) is 0.200. The van der Waals surface area contributed by atoms with Crippen molar-refractivity contribution in [3.63, 3.8) is 0 Å². The second kappa shape index (κ2) is 3.49. The molecule has 0 fully saturated rings. The zero-order valence-corrected chi connectivity index (χ0v) is 7.92. The molecular formula is C10H11N3O. The lowest BCUT2D eigenvalue weighted by Gasteiger charge is -1.97. The molecule has 0 saturated heterocycles. The lowest BCUT2D eigenvalue weighted by atomic mass is 10.3. The van der Waals surface area contributed by atoms with E-state index in [0.717, 1.165) is 18.4 Å². The second-order valence-electron chi connectivity index (χ2n) is 3.26. The zero-order chi connectivity index (χ0) is 9.97. The van der Waals surface area contributed by atoms with Gasteiger partial charge >= 0.3 is 0 Å². The minimum absolute atomic E-state index is 0.703. The third kappa shape index (κ3) is 1.74. The molecule has 2 aromatic rings. The fourth-order valence-corrected chi connectivity index (χ4v) is 1.39. The molecule has 2 rings (SSSR count). The molecule has 0 aromatic carbocycles. The number of aldehydes is 1. The highest BCUT2D eigenvalue weighted by molar-refractivity contribution is 5.74. The monoisotopic (exact) mass is 189 g/mol. The third-order valence-corrected chi connectivity index (χ3v) is 2.03. The highest BCUT2D eigenvalue weighted by Gasteiger charge is 1.98. The van der Waals surface area contributed by atoms with Gasteiger partial charge in [-0.05, 0) is 6.07 Å². The van der Waals surface area contributed by atoms with Gasteiger partial charge in [-0.25, -0.2) is 0 Å². The summed E-state index contributed by atoms with van der Waals surface area (Å²) in [6.07, 6.45) is 8.33. The number of carbonyl (C=O) groups is 1. The van der Waals surface area contributed by atoms with Crippen molar-refractivity contribution in [2.45, 2.75) is 6.54 Å². The Bertz CT molecular complexity index is 442. The molecule has 0 N–H and O–H groups in total. The molecule has 4 heteroatoms. The van der Waals surface area contributed by atoms with Crippen molar-refractivity contribution >= 4 is 6.29 Å². The van der Waals surface area contributed by atoms with Gasteiger partial charge in [0.1, 0.15) is 0 Å². The number of aryl methyl sites for hydroxylation is 1. The summed E-state index contributed by atoms with van der Waals surface area (Å²) in [6, 6.07) is 1.80. The molecule has 0 aliphatic heterocycles. The van der Waals surface area contributed by atoms with E-state index in [2.05, 4.69) is 5.10 Å². The summed E-state index contributed by atoms with van der Waals surface area (Å²) >= 11 is 0. The van der Waals surface area contributed by atoms with Gasteiger partial charge in [0.05, 0.1) is 12.7 Å². The Morgan fingerprint density at radius 1 is 1.50 bits per heavy atom. The van der Waals surface area contributed by atoms with E-state index in [1.807, 2.05) is 36.4 Å². The van der Waals surface area contributed by atoms with E-state index >= 15 is 0 Å². The average Bonchev–Trinajstić information content (AvgIpc) is 2.76. The molecule has 2 heterocycles. The van der Waals surface area contributed by atoms with Crippen molar-refractivity contribution in [1.82, 2.24) is 14.3 Å². The molecule has 0 unspecified atom stereocenters. The molecule has 0 spiro atoms. The van der Waals surface area contributed by atoms with Crippen molar-refractivity contribution in [3.05, 3.63) is 42.0 Å². The third-order valence-electron chi connectivity index (χ3n) is 2.03. The van der Waals surface area contributed by atoms with Crippen molar-refractivity contribution in [2.24, 2.45) is 7.05 Å². The van der Waals surface area contributed by atoms with Crippen LogP contribution in [0, 0.1) is 0 Å². The Morgan fingerprint density at radius 3 is 2.93 bits per heavy atom. The summed E-state index contributed by atoms with van der Waals surface area (Å²) in [4.78, 5) is 10.4. The first-order valence-corrected chi connectivity index (χ1v) is 4.36. The van der Waals surface area contributed by atoms with Crippen LogP contribution in [0.2, 0.25) is 0 Å². The molecule has 0 saturated carbocycles. The Labute approximate surface area is 81.8 Å². The molecule has 0 aliphatic carbocycles. The van der Waals surface area contributed by atoms with Gasteiger partial charge in [-0.3, -0.25) is 9.48 Å². The quantitative estimate of drug-likeness (QED) is 0.678. The molecular weight excluding hydrogens is 178 g/mol. The molecule has 4 nitrogen and oxygen atoms in total. The summed E-state index contributed by atoms with van der Waals surface area (Å²) in [5.74, 6) is 0. The van der Waals surface area contributed by atoms with E-state index in [1.54, 1.807) is 10.7 Å². The highest BCUT2D eigenvalue weighted by Crippen LogP contribution is 2.03. The molecule has 2 aromatic heterocycles. The summed E-state index contributed by atoms with van der Waals surface area (Å²) in [5.41, 5.74) is 1.83. The van der Waals surface area contributed by atoms with Crippen molar-refractivity contribution in [3.8, 4) is 0 Å². The maximum atomic E-state index is 10.4. The van der Waals surface area contributed by atoms with Gasteiger partial charge in [0, 0.05) is 36.8 Å². The van der Waals surface area contributed by atoms with Crippen LogP contribution in [0.3, 0.4) is 0 Å². The lowest BCUT2D eigenvalue weighted by molar-refractivity contribution is 0.112. The predicted octanol–water partition coefficient (Wildman–Crippen LogP) is 1.08. The molecule has 72 valence electrons. The van der Waals surface area contributed by atoms with E-state index < -0.39 is 0 Å². The minimum atomic E-state index is 0.703. The van der Waals surface area contributed by atoms with Gasteiger partial charge < -0.3 is 4.57 Å². The van der Waals surface area contributed by atoms with E-state index in [4.69, 9.17) is 0 Å². The number of nitrogens with zero attached hydrogens (tertiary/aromatic N) is 3. The summed E-state index contributed by atoms with van der Waals surface area (Å²) in [6.45, 7) is 0.752. The molecule has 0 atom stereocenters. The van der Waals surface area contributed by atoms with Gasteiger partial charge in [-0.2, -0.15) is 5.10 Å². The Balaban J connectivity index is 2.14. The normalized spacial score (nSPS) is 10.4. The van der Waals surface area contributed by atoms with Crippen LogP contribution in [0.4, 0.5) is 0 Å². The number of aromatic nitrogens is 3. The van der Waals surface area contributed by atoms with Crippen LogP contribution in [-0.4, -0.2) is 20.6 Å². The van der Waals surface area contributed by atoms with Gasteiger partial charge in [0.15, 0.2) is 6.29 Å². The molecule has 0 aliphatic rings. The Hall–Kier alpha value is -1.84. The van der Waals surface area contributed by atoms with E-state index in [9.17, 15) is 4.79 Å². The number of hydrogen-bond acceptors (Lipinski definition) is 2. The number of rotatable bonds is 3. The first-order chi connectivity index (χ1) is 6.78. The summed E-state index contributed by atoms with van der Waals surface area (Å²) < 4.78 is 3.72. The van der Waals surface area contributed by atoms with Crippen molar-refractivity contribution < 1.29 is 4.79 Å². The van der Waals surface area contributed by atoms with Crippen LogP contribution in [0.15, 0.2) is 30.9 Å². The largest absolute Gasteiger partial charge is 0.349 e. The van der Waals surface area contributed by atoms with Crippen LogP contribution in [0.1, 0.15) is 15.9 Å². The van der Waals surface area contributed by atoms with Gasteiger partial charge in [0.2, 0.25) is 0 Å². The standard InChI is InChI=1S/C10H11N3O/c1-12-5-10(4-11-12)7-13-3-2-9(6-13)8-14/h2-6,8H,7H2,1H3. The predicted molar refractivity (Wildman–Crippen MR) is 52.1 cm³/mol. The first-order valence-electron chi connectivity index (χ1n) is 4.36. The zero-order valence-electron chi connectivity index (χ0n) is 7.92. The molecule has 0 bridgehead atoms. The lowest BCUT2D eigenvalue weighted by Crippen LogP contribution is -1.94. The Morgan fingerprint density at radius 2 is 2.36 bits per heavy atom. The highest BCUT2D eigenvalue weighted by atomic mass is 16.1.